The maximum atomic E-state index is 12.9. The monoisotopic (exact) mass is 364 g/mol. The lowest BCUT2D eigenvalue weighted by Crippen LogP contribution is -2.53. The molecule has 6 heteroatoms. The van der Waals surface area contributed by atoms with Crippen LogP contribution in [-0.2, 0) is 11.3 Å². The lowest BCUT2D eigenvalue weighted by atomic mass is 9.96. The average molecular weight is 365 g/mol. The number of hydrogen-bond donors (Lipinski definition) is 2. The Bertz CT molecular complexity index is 608. The number of carbonyl (C=O) groups excluding carboxylic acids is 2. The van der Waals surface area contributed by atoms with Gasteiger partial charge in [0.1, 0.15) is 6.04 Å². The molecule has 0 saturated carbocycles. The predicted octanol–water partition coefficient (Wildman–Crippen LogP) is 2.29. The zero-order chi connectivity index (χ0) is 18.4. The molecule has 1 aliphatic rings. The summed E-state index contributed by atoms with van der Waals surface area (Å²) in [5.41, 5.74) is 1.65. The van der Waals surface area contributed by atoms with Crippen LogP contribution in [0.5, 0.6) is 0 Å². The number of carbonyl (C=O) groups is 2. The summed E-state index contributed by atoms with van der Waals surface area (Å²) in [5, 5.41) is 12.5. The highest BCUT2D eigenvalue weighted by atomic mass is 32.2. The van der Waals surface area contributed by atoms with E-state index in [-0.39, 0.29) is 30.4 Å². The normalized spacial score (nSPS) is 17.1. The highest BCUT2D eigenvalue weighted by Gasteiger charge is 2.39. The molecule has 2 amide bonds. The van der Waals surface area contributed by atoms with Gasteiger partial charge in [-0.25, -0.2) is 0 Å². The maximum absolute atomic E-state index is 12.9. The number of nitrogens with one attached hydrogen (secondary N) is 1. The maximum Gasteiger partial charge on any atom is 0.255 e. The minimum atomic E-state index is -0.520. The Kier molecular flexibility index (Phi) is 7.32. The van der Waals surface area contributed by atoms with Gasteiger partial charge in [0.15, 0.2) is 0 Å². The highest BCUT2D eigenvalue weighted by Crippen LogP contribution is 2.28. The number of aliphatic hydroxyl groups is 1. The molecule has 1 aromatic rings. The molecule has 3 atom stereocenters. The molecule has 5 nitrogen and oxygen atoms in total. The second kappa shape index (κ2) is 9.25. The van der Waals surface area contributed by atoms with Gasteiger partial charge >= 0.3 is 0 Å². The fraction of sp³-hybridized carbons (Fsp3) is 0.579. The smallest absolute Gasteiger partial charge is 0.255 e. The molecule has 138 valence electrons. The second-order valence-electron chi connectivity index (χ2n) is 6.59. The molecule has 25 heavy (non-hydrogen) atoms. The van der Waals surface area contributed by atoms with E-state index in [0.717, 1.165) is 17.7 Å². The largest absolute Gasteiger partial charge is 0.394 e. The van der Waals surface area contributed by atoms with Crippen molar-refractivity contribution in [2.24, 2.45) is 5.92 Å². The first-order chi connectivity index (χ1) is 12.0. The van der Waals surface area contributed by atoms with Crippen molar-refractivity contribution < 1.29 is 14.7 Å². The van der Waals surface area contributed by atoms with Gasteiger partial charge < -0.3 is 15.3 Å². The minimum Gasteiger partial charge on any atom is -0.394 e. The number of rotatable bonds is 9. The second-order valence-corrected chi connectivity index (χ2v) is 7.58. The van der Waals surface area contributed by atoms with Crippen molar-refractivity contribution in [3.05, 3.63) is 35.4 Å². The minimum absolute atomic E-state index is 0.0400. The van der Waals surface area contributed by atoms with Crippen molar-refractivity contribution in [3.63, 3.8) is 0 Å². The molecule has 0 aliphatic carbocycles. The quantitative estimate of drug-likeness (QED) is 0.705. The number of nitrogens with zero attached hydrogens (tertiary/aromatic N) is 1. The van der Waals surface area contributed by atoms with Crippen molar-refractivity contribution in [3.8, 4) is 0 Å². The van der Waals surface area contributed by atoms with Gasteiger partial charge in [0.2, 0.25) is 5.91 Å². The zero-order valence-corrected chi connectivity index (χ0v) is 16.0. The molecule has 0 spiro atoms. The summed E-state index contributed by atoms with van der Waals surface area (Å²) in [4.78, 5) is 27.4. The molecule has 1 heterocycles. The summed E-state index contributed by atoms with van der Waals surface area (Å²) >= 11 is 1.68. The Labute approximate surface area is 154 Å². The Hall–Kier alpha value is -1.53. The lowest BCUT2D eigenvalue weighted by Gasteiger charge is -2.32. The van der Waals surface area contributed by atoms with Crippen LogP contribution in [0.4, 0.5) is 0 Å². The first-order valence-corrected chi connectivity index (χ1v) is 10.2. The number of thioether (sulfide) groups is 1. The highest BCUT2D eigenvalue weighted by molar-refractivity contribution is 7.98. The molecule has 3 unspecified atom stereocenters. The van der Waals surface area contributed by atoms with Crippen LogP contribution < -0.4 is 5.32 Å². The number of benzene rings is 1. The van der Waals surface area contributed by atoms with Gasteiger partial charge in [-0.05, 0) is 36.0 Å². The number of hydrogen-bond acceptors (Lipinski definition) is 4. The molecule has 2 N–H and O–H groups in total. The molecule has 0 saturated heterocycles. The number of aliphatic hydroxyl groups excluding tert-OH is 1. The number of amides is 2. The van der Waals surface area contributed by atoms with Crippen LogP contribution in [0, 0.1) is 5.92 Å². The Morgan fingerprint density at radius 3 is 2.72 bits per heavy atom. The van der Waals surface area contributed by atoms with E-state index in [4.69, 9.17) is 0 Å². The Morgan fingerprint density at radius 2 is 2.12 bits per heavy atom. The van der Waals surface area contributed by atoms with Gasteiger partial charge in [-0.1, -0.05) is 38.5 Å². The van der Waals surface area contributed by atoms with Crippen molar-refractivity contribution in [2.75, 3.05) is 18.6 Å². The van der Waals surface area contributed by atoms with Crippen LogP contribution in [0.25, 0.3) is 0 Å². The van der Waals surface area contributed by atoms with E-state index in [1.165, 1.54) is 0 Å². The van der Waals surface area contributed by atoms with E-state index in [1.807, 2.05) is 44.4 Å². The zero-order valence-electron chi connectivity index (χ0n) is 15.2. The summed E-state index contributed by atoms with van der Waals surface area (Å²) in [7, 11) is 0. The summed E-state index contributed by atoms with van der Waals surface area (Å²) in [5.74, 6) is 0.655. The molecule has 1 aromatic carbocycles. The van der Waals surface area contributed by atoms with Gasteiger partial charge in [0.05, 0.1) is 12.6 Å². The Balaban J connectivity index is 2.17. The lowest BCUT2D eigenvalue weighted by molar-refractivity contribution is -0.128. The van der Waals surface area contributed by atoms with E-state index in [0.29, 0.717) is 18.5 Å². The van der Waals surface area contributed by atoms with Gasteiger partial charge in [0.25, 0.3) is 5.91 Å². The molecule has 2 rings (SSSR count). The molecule has 0 radical (unpaired) electrons. The van der Waals surface area contributed by atoms with Crippen molar-refractivity contribution in [1.29, 1.82) is 0 Å². The third-order valence-corrected chi connectivity index (χ3v) is 5.52. The average Bonchev–Trinajstić information content (AvgIpc) is 2.95. The third kappa shape index (κ3) is 4.55. The summed E-state index contributed by atoms with van der Waals surface area (Å²) in [6, 6.07) is 6.73. The molecular formula is C19H28N2O3S. The van der Waals surface area contributed by atoms with Crippen LogP contribution in [0.15, 0.2) is 24.3 Å². The van der Waals surface area contributed by atoms with Crippen LogP contribution in [0.1, 0.15) is 42.6 Å². The van der Waals surface area contributed by atoms with Crippen LogP contribution in [0.2, 0.25) is 0 Å². The van der Waals surface area contributed by atoms with Gasteiger partial charge in [-0.3, -0.25) is 9.59 Å². The summed E-state index contributed by atoms with van der Waals surface area (Å²) in [6.07, 6.45) is 3.51. The standard InChI is InChI=1S/C19H28N2O3S/c1-4-13(2)17(18(23)20-15(12-22)9-10-25-3)21-11-14-7-5-6-8-16(14)19(21)24/h5-8,13,15,17,22H,4,9-12H2,1-3H3,(H,20,23). The molecule has 0 aromatic heterocycles. The molecule has 1 aliphatic heterocycles. The van der Waals surface area contributed by atoms with E-state index in [1.54, 1.807) is 16.7 Å². The first-order valence-electron chi connectivity index (χ1n) is 8.82. The van der Waals surface area contributed by atoms with E-state index in [9.17, 15) is 14.7 Å². The van der Waals surface area contributed by atoms with Crippen molar-refractivity contribution >= 4 is 23.6 Å². The number of fused-ring (bicyclic) bond motifs is 1. The van der Waals surface area contributed by atoms with E-state index < -0.39 is 6.04 Å². The van der Waals surface area contributed by atoms with Crippen LogP contribution in [0.3, 0.4) is 0 Å². The Morgan fingerprint density at radius 1 is 1.40 bits per heavy atom. The predicted molar refractivity (Wildman–Crippen MR) is 102 cm³/mol. The van der Waals surface area contributed by atoms with Crippen LogP contribution in [-0.4, -0.2) is 52.5 Å². The van der Waals surface area contributed by atoms with Crippen molar-refractivity contribution in [1.82, 2.24) is 10.2 Å². The summed E-state index contributed by atoms with van der Waals surface area (Å²) in [6.45, 7) is 4.39. The fourth-order valence-corrected chi connectivity index (χ4v) is 3.71. The summed E-state index contributed by atoms with van der Waals surface area (Å²) < 4.78 is 0. The van der Waals surface area contributed by atoms with Gasteiger partial charge in [0, 0.05) is 12.1 Å². The topological polar surface area (TPSA) is 69.6 Å². The fourth-order valence-electron chi connectivity index (χ4n) is 3.19. The van der Waals surface area contributed by atoms with Gasteiger partial charge in [-0.15, -0.1) is 0 Å². The molecular weight excluding hydrogens is 336 g/mol. The van der Waals surface area contributed by atoms with Crippen molar-refractivity contribution in [2.45, 2.75) is 45.3 Å². The van der Waals surface area contributed by atoms with E-state index in [2.05, 4.69) is 5.32 Å². The van der Waals surface area contributed by atoms with E-state index >= 15 is 0 Å². The molecule has 0 bridgehead atoms. The molecule has 0 fully saturated rings. The van der Waals surface area contributed by atoms with Crippen LogP contribution >= 0.6 is 11.8 Å². The SMILES string of the molecule is CCC(C)C(C(=O)NC(CO)CCSC)N1Cc2ccccc2C1=O. The first kappa shape index (κ1) is 19.8. The van der Waals surface area contributed by atoms with Gasteiger partial charge in [-0.2, -0.15) is 11.8 Å². The third-order valence-electron chi connectivity index (χ3n) is 4.87.